The summed E-state index contributed by atoms with van der Waals surface area (Å²) in [5, 5.41) is 0. The van der Waals surface area contributed by atoms with Gasteiger partial charge in [0.25, 0.3) is 0 Å². The van der Waals surface area contributed by atoms with Crippen molar-refractivity contribution in [2.45, 2.75) is 45.4 Å². The van der Waals surface area contributed by atoms with Crippen LogP contribution in [-0.4, -0.2) is 0 Å². The topological polar surface area (TPSA) is 3.88 Å². The van der Waals surface area contributed by atoms with E-state index in [1.165, 1.54) is 29.5 Å². The summed E-state index contributed by atoms with van der Waals surface area (Å²) in [7, 11) is 2.03. The minimum atomic E-state index is -1.23. The lowest BCUT2D eigenvalue weighted by molar-refractivity contribution is -0.668. The molecule has 0 bridgehead atoms. The number of aromatic nitrogens is 1. The Balaban J connectivity index is 1.90. The Hall–Kier alpha value is -1.63. The molecule has 1 fully saturated rings. The van der Waals surface area contributed by atoms with E-state index in [4.69, 9.17) is 2.74 Å². The molecule has 108 valence electrons. The molecule has 1 heteroatoms. The Morgan fingerprint density at radius 2 is 1.86 bits per heavy atom. The summed E-state index contributed by atoms with van der Waals surface area (Å²) in [6.07, 6.45) is 4.05. The summed E-state index contributed by atoms with van der Waals surface area (Å²) in [4.78, 5) is 0. The maximum atomic E-state index is 8.91. The molecule has 2 aliphatic rings. The molecule has 1 aromatic carbocycles. The third-order valence-corrected chi connectivity index (χ3v) is 5.34. The second-order valence-corrected chi connectivity index (χ2v) is 6.76. The molecule has 0 amide bonds. The molecule has 1 spiro atoms. The Kier molecular flexibility index (Phi) is 2.46. The highest BCUT2D eigenvalue weighted by Crippen LogP contribution is 2.48. The lowest BCUT2D eigenvalue weighted by atomic mass is 9.83. The molecule has 4 rings (SSSR count). The molecular formula is C20H24N+. The highest BCUT2D eigenvalue weighted by molar-refractivity contribution is 5.61. The molecular weight excluding hydrogens is 254 g/mol. The van der Waals surface area contributed by atoms with Crippen LogP contribution in [0.2, 0.25) is 0 Å². The van der Waals surface area contributed by atoms with E-state index in [2.05, 4.69) is 47.9 Å². The van der Waals surface area contributed by atoms with Gasteiger partial charge < -0.3 is 0 Å². The Labute approximate surface area is 130 Å². The maximum absolute atomic E-state index is 8.91. The van der Waals surface area contributed by atoms with Crippen molar-refractivity contribution in [2.75, 3.05) is 0 Å². The van der Waals surface area contributed by atoms with E-state index in [1.807, 2.05) is 7.05 Å². The minimum absolute atomic E-state index is 0.169. The van der Waals surface area contributed by atoms with E-state index in [1.54, 1.807) is 0 Å². The number of hydrogen-bond acceptors (Lipinski definition) is 0. The van der Waals surface area contributed by atoms with Crippen LogP contribution in [0.4, 0.5) is 0 Å². The van der Waals surface area contributed by atoms with Crippen LogP contribution < -0.4 is 4.57 Å². The fourth-order valence-corrected chi connectivity index (χ4v) is 4.16. The van der Waals surface area contributed by atoms with Crippen LogP contribution in [-0.2, 0) is 19.8 Å². The van der Waals surface area contributed by atoms with Gasteiger partial charge in [-0.25, -0.2) is 0 Å². The molecule has 2 aromatic rings. The van der Waals surface area contributed by atoms with Gasteiger partial charge in [-0.15, -0.1) is 0 Å². The fraction of sp³-hybridized carbons (Fsp3) is 0.450. The molecule has 1 aromatic heterocycles. The molecule has 1 saturated carbocycles. The van der Waals surface area contributed by atoms with Crippen LogP contribution in [0.15, 0.2) is 36.4 Å². The van der Waals surface area contributed by atoms with Gasteiger partial charge in [0.2, 0.25) is 5.69 Å². The summed E-state index contributed by atoms with van der Waals surface area (Å²) in [6.45, 7) is 2.12. The average molecular weight is 280 g/mol. The summed E-state index contributed by atoms with van der Waals surface area (Å²) in [6, 6.07) is 12.7. The van der Waals surface area contributed by atoms with Crippen molar-refractivity contribution >= 4 is 0 Å². The lowest BCUT2D eigenvalue weighted by Gasteiger charge is -2.20. The molecule has 2 aliphatic carbocycles. The summed E-state index contributed by atoms with van der Waals surface area (Å²) < 4.78 is 19.9. The third kappa shape index (κ3) is 2.02. The first-order valence-corrected chi connectivity index (χ1v) is 8.05. The summed E-state index contributed by atoms with van der Waals surface area (Å²) >= 11 is 0. The number of benzene rings is 1. The number of nitrogens with zero attached hydrogens (tertiary/aromatic N) is 1. The molecule has 0 aliphatic heterocycles. The standard InChI is InChI=1S/C20H24N/c1-15-7-3-4-8-17(15)18-10-9-16-13-20(11-5-6-12-20)14-19(16)21(18)2/h3-4,7-10H,5-6,11-14H2,1-2H3/q+1/i14D2. The highest BCUT2D eigenvalue weighted by Gasteiger charge is 2.43. The van der Waals surface area contributed by atoms with Crippen LogP contribution in [0.1, 0.15) is 45.2 Å². The van der Waals surface area contributed by atoms with Gasteiger partial charge in [0.05, 0.1) is 0 Å². The van der Waals surface area contributed by atoms with Crippen molar-refractivity contribution in [2.24, 2.45) is 12.5 Å². The number of aryl methyl sites for hydroxylation is 1. The molecule has 1 heterocycles. The van der Waals surface area contributed by atoms with Crippen LogP contribution in [0, 0.1) is 12.3 Å². The van der Waals surface area contributed by atoms with Gasteiger partial charge in [-0.05, 0) is 49.3 Å². The largest absolute Gasteiger partial charge is 0.212 e. The second kappa shape index (κ2) is 4.69. The van der Waals surface area contributed by atoms with E-state index in [0.29, 0.717) is 0 Å². The molecule has 0 unspecified atom stereocenters. The van der Waals surface area contributed by atoms with Crippen LogP contribution in [0.3, 0.4) is 0 Å². The van der Waals surface area contributed by atoms with Crippen LogP contribution in [0.25, 0.3) is 11.3 Å². The van der Waals surface area contributed by atoms with E-state index in [9.17, 15) is 0 Å². The van der Waals surface area contributed by atoms with Gasteiger partial charge in [0.15, 0.2) is 5.69 Å². The van der Waals surface area contributed by atoms with Gasteiger partial charge >= 0.3 is 0 Å². The predicted molar refractivity (Wildman–Crippen MR) is 86.1 cm³/mol. The van der Waals surface area contributed by atoms with Gasteiger partial charge in [-0.1, -0.05) is 31.0 Å². The molecule has 0 N–H and O–H groups in total. The number of rotatable bonds is 1. The number of fused-ring (bicyclic) bond motifs is 1. The molecule has 21 heavy (non-hydrogen) atoms. The third-order valence-electron chi connectivity index (χ3n) is 5.34. The van der Waals surface area contributed by atoms with E-state index >= 15 is 0 Å². The predicted octanol–water partition coefficient (Wildman–Crippen LogP) is 4.15. The van der Waals surface area contributed by atoms with Crippen molar-refractivity contribution in [3.05, 3.63) is 53.2 Å². The SMILES string of the molecule is [2H]C1([2H])c2c(ccc(-c3ccccc3C)[n+]2C)CC12CCCC2. The first-order valence-electron chi connectivity index (χ1n) is 9.05. The van der Waals surface area contributed by atoms with Crippen molar-refractivity contribution in [1.82, 2.24) is 0 Å². The first-order chi connectivity index (χ1) is 11.0. The molecule has 1 nitrogen and oxygen atoms in total. The van der Waals surface area contributed by atoms with Crippen molar-refractivity contribution in [1.29, 1.82) is 0 Å². The zero-order chi connectivity index (χ0) is 16.2. The molecule has 0 atom stereocenters. The zero-order valence-electron chi connectivity index (χ0n) is 14.9. The summed E-state index contributed by atoms with van der Waals surface area (Å²) in [5.74, 6) is 0. The Morgan fingerprint density at radius 3 is 2.62 bits per heavy atom. The van der Waals surface area contributed by atoms with E-state index in [0.717, 1.165) is 30.7 Å². The maximum Gasteiger partial charge on any atom is 0.212 e. The molecule has 0 saturated heterocycles. The Morgan fingerprint density at radius 1 is 1.10 bits per heavy atom. The zero-order valence-corrected chi connectivity index (χ0v) is 12.9. The Bertz CT molecular complexity index is 773. The normalized spacial score (nSPS) is 23.0. The van der Waals surface area contributed by atoms with Gasteiger partial charge in [0, 0.05) is 26.3 Å². The first kappa shape index (κ1) is 11.0. The van der Waals surface area contributed by atoms with Crippen LogP contribution >= 0.6 is 0 Å². The second-order valence-electron chi connectivity index (χ2n) is 6.76. The van der Waals surface area contributed by atoms with Gasteiger partial charge in [0.1, 0.15) is 7.05 Å². The van der Waals surface area contributed by atoms with Crippen molar-refractivity contribution in [3.8, 4) is 11.3 Å². The van der Waals surface area contributed by atoms with Gasteiger partial charge in [-0.2, -0.15) is 4.57 Å². The number of hydrogen-bond donors (Lipinski definition) is 0. The van der Waals surface area contributed by atoms with E-state index in [-0.39, 0.29) is 5.41 Å². The van der Waals surface area contributed by atoms with Crippen molar-refractivity contribution < 1.29 is 7.31 Å². The average Bonchev–Trinajstić information content (AvgIpc) is 3.06. The summed E-state index contributed by atoms with van der Waals surface area (Å²) in [5.41, 5.74) is 5.48. The van der Waals surface area contributed by atoms with Gasteiger partial charge in [-0.3, -0.25) is 0 Å². The number of pyridine rings is 1. The quantitative estimate of drug-likeness (QED) is 0.691. The minimum Gasteiger partial charge on any atom is -0.198 e. The highest BCUT2D eigenvalue weighted by atomic mass is 15.0. The molecule has 0 radical (unpaired) electrons. The van der Waals surface area contributed by atoms with Crippen LogP contribution in [0.5, 0.6) is 0 Å². The monoisotopic (exact) mass is 280 g/mol. The fourth-order valence-electron chi connectivity index (χ4n) is 4.16. The van der Waals surface area contributed by atoms with E-state index < -0.39 is 6.37 Å². The smallest absolute Gasteiger partial charge is 0.198 e. The lowest BCUT2D eigenvalue weighted by Crippen LogP contribution is -2.37. The van der Waals surface area contributed by atoms with Crippen molar-refractivity contribution in [3.63, 3.8) is 0 Å².